The molecule has 1 aromatic heterocycles. The van der Waals surface area contributed by atoms with Gasteiger partial charge in [0.15, 0.2) is 0 Å². The van der Waals surface area contributed by atoms with Crippen molar-refractivity contribution >= 4 is 28.6 Å². The lowest BCUT2D eigenvalue weighted by Crippen LogP contribution is -1.92. The molecule has 0 spiro atoms. The summed E-state index contributed by atoms with van der Waals surface area (Å²) >= 11 is 7.59. The lowest BCUT2D eigenvalue weighted by atomic mass is 10.1. The number of anilines is 1. The summed E-state index contributed by atoms with van der Waals surface area (Å²) in [6, 6.07) is 15.9. The Hall–Kier alpha value is -1.84. The lowest BCUT2D eigenvalue weighted by Gasteiger charge is -2.02. The summed E-state index contributed by atoms with van der Waals surface area (Å²) in [5.74, 6) is 0. The number of rotatable bonds is 3. The third-order valence-corrected chi connectivity index (χ3v) is 4.23. The molecule has 0 fully saturated rings. The third-order valence-electron chi connectivity index (χ3n) is 3.04. The van der Waals surface area contributed by atoms with Crippen LogP contribution in [0.2, 0.25) is 5.02 Å². The van der Waals surface area contributed by atoms with Crippen LogP contribution in [0, 0.1) is 0 Å². The van der Waals surface area contributed by atoms with Gasteiger partial charge in [-0.25, -0.2) is 4.98 Å². The molecule has 4 heteroatoms. The molecule has 20 heavy (non-hydrogen) atoms. The van der Waals surface area contributed by atoms with E-state index in [4.69, 9.17) is 17.3 Å². The molecule has 0 unspecified atom stereocenters. The SMILES string of the molecule is Nc1cc(Cc2nc(-c3ccccc3)cs2)ccc1Cl. The van der Waals surface area contributed by atoms with E-state index in [1.807, 2.05) is 36.4 Å². The normalized spacial score (nSPS) is 10.7. The minimum Gasteiger partial charge on any atom is -0.398 e. The van der Waals surface area contributed by atoms with Crippen molar-refractivity contribution in [2.24, 2.45) is 0 Å². The van der Waals surface area contributed by atoms with Crippen LogP contribution in [0.5, 0.6) is 0 Å². The van der Waals surface area contributed by atoms with Crippen LogP contribution in [0.25, 0.3) is 11.3 Å². The molecule has 0 saturated heterocycles. The highest BCUT2D eigenvalue weighted by Crippen LogP contribution is 2.25. The Kier molecular flexibility index (Phi) is 3.72. The van der Waals surface area contributed by atoms with Gasteiger partial charge in [0.1, 0.15) is 0 Å². The van der Waals surface area contributed by atoms with Gasteiger partial charge in [0.05, 0.1) is 21.4 Å². The molecule has 0 radical (unpaired) electrons. The summed E-state index contributed by atoms with van der Waals surface area (Å²) in [7, 11) is 0. The second-order valence-corrected chi connectivity index (χ2v) is 5.88. The quantitative estimate of drug-likeness (QED) is 0.716. The van der Waals surface area contributed by atoms with Gasteiger partial charge in [-0.15, -0.1) is 11.3 Å². The topological polar surface area (TPSA) is 38.9 Å². The average molecular weight is 301 g/mol. The van der Waals surface area contributed by atoms with Crippen molar-refractivity contribution in [3.63, 3.8) is 0 Å². The van der Waals surface area contributed by atoms with E-state index in [-0.39, 0.29) is 0 Å². The van der Waals surface area contributed by atoms with E-state index < -0.39 is 0 Å². The van der Waals surface area contributed by atoms with E-state index in [0.29, 0.717) is 10.7 Å². The van der Waals surface area contributed by atoms with Crippen molar-refractivity contribution in [2.75, 3.05) is 5.73 Å². The summed E-state index contributed by atoms with van der Waals surface area (Å²) in [5, 5.41) is 3.76. The first-order valence-corrected chi connectivity index (χ1v) is 7.52. The summed E-state index contributed by atoms with van der Waals surface area (Å²) in [4.78, 5) is 4.67. The van der Waals surface area contributed by atoms with Crippen molar-refractivity contribution in [3.8, 4) is 11.3 Å². The number of aromatic nitrogens is 1. The molecule has 2 aromatic carbocycles. The first-order valence-electron chi connectivity index (χ1n) is 6.26. The Morgan fingerprint density at radius 3 is 2.65 bits per heavy atom. The second-order valence-electron chi connectivity index (χ2n) is 4.53. The van der Waals surface area contributed by atoms with Crippen LogP contribution < -0.4 is 5.73 Å². The highest BCUT2D eigenvalue weighted by Gasteiger charge is 2.06. The number of thiazole rings is 1. The maximum Gasteiger partial charge on any atom is 0.0976 e. The van der Waals surface area contributed by atoms with E-state index >= 15 is 0 Å². The van der Waals surface area contributed by atoms with Gasteiger partial charge in [0, 0.05) is 17.4 Å². The maximum atomic E-state index is 5.93. The van der Waals surface area contributed by atoms with Crippen LogP contribution in [0.15, 0.2) is 53.9 Å². The first kappa shape index (κ1) is 13.2. The van der Waals surface area contributed by atoms with Crippen LogP contribution in [-0.2, 0) is 6.42 Å². The van der Waals surface area contributed by atoms with E-state index in [9.17, 15) is 0 Å². The molecule has 3 rings (SSSR count). The van der Waals surface area contributed by atoms with Gasteiger partial charge in [-0.1, -0.05) is 48.0 Å². The zero-order valence-electron chi connectivity index (χ0n) is 10.7. The lowest BCUT2D eigenvalue weighted by molar-refractivity contribution is 1.14. The van der Waals surface area contributed by atoms with E-state index in [1.165, 1.54) is 0 Å². The van der Waals surface area contributed by atoms with E-state index in [2.05, 4.69) is 22.5 Å². The highest BCUT2D eigenvalue weighted by molar-refractivity contribution is 7.10. The predicted octanol–water partition coefficient (Wildman–Crippen LogP) is 4.64. The van der Waals surface area contributed by atoms with E-state index in [0.717, 1.165) is 28.2 Å². The molecule has 0 aliphatic heterocycles. The molecular weight excluding hydrogens is 288 g/mol. The van der Waals surface area contributed by atoms with Gasteiger partial charge in [0.25, 0.3) is 0 Å². The highest BCUT2D eigenvalue weighted by atomic mass is 35.5. The Balaban J connectivity index is 1.82. The number of nitrogen functional groups attached to an aromatic ring is 1. The number of hydrogen-bond acceptors (Lipinski definition) is 3. The number of benzene rings is 2. The van der Waals surface area contributed by atoms with Gasteiger partial charge >= 0.3 is 0 Å². The van der Waals surface area contributed by atoms with Gasteiger partial charge < -0.3 is 5.73 Å². The van der Waals surface area contributed by atoms with Gasteiger partial charge in [-0.05, 0) is 17.7 Å². The van der Waals surface area contributed by atoms with Gasteiger partial charge in [0.2, 0.25) is 0 Å². The summed E-state index contributed by atoms with van der Waals surface area (Å²) in [6.45, 7) is 0. The van der Waals surface area contributed by atoms with Crippen LogP contribution in [-0.4, -0.2) is 4.98 Å². The van der Waals surface area contributed by atoms with Crippen molar-refractivity contribution in [2.45, 2.75) is 6.42 Å². The molecule has 2 N–H and O–H groups in total. The second kappa shape index (κ2) is 5.65. The molecule has 0 saturated carbocycles. The van der Waals surface area contributed by atoms with Crippen molar-refractivity contribution in [1.29, 1.82) is 0 Å². The van der Waals surface area contributed by atoms with Crippen LogP contribution in [0.3, 0.4) is 0 Å². The van der Waals surface area contributed by atoms with Crippen LogP contribution in [0.4, 0.5) is 5.69 Å². The number of halogens is 1. The average Bonchev–Trinajstić information content (AvgIpc) is 2.92. The molecule has 3 aromatic rings. The number of nitrogens with zero attached hydrogens (tertiary/aromatic N) is 1. The van der Waals surface area contributed by atoms with Gasteiger partial charge in [-0.3, -0.25) is 0 Å². The molecule has 0 amide bonds. The van der Waals surface area contributed by atoms with Crippen LogP contribution >= 0.6 is 22.9 Å². The fourth-order valence-corrected chi connectivity index (χ4v) is 2.97. The van der Waals surface area contributed by atoms with E-state index in [1.54, 1.807) is 11.3 Å². The molecule has 0 atom stereocenters. The van der Waals surface area contributed by atoms with Gasteiger partial charge in [-0.2, -0.15) is 0 Å². The molecule has 1 heterocycles. The zero-order valence-corrected chi connectivity index (χ0v) is 12.3. The van der Waals surface area contributed by atoms with Crippen molar-refractivity contribution in [1.82, 2.24) is 4.98 Å². The fraction of sp³-hybridized carbons (Fsp3) is 0.0625. The number of nitrogens with two attached hydrogens (primary N) is 1. The monoisotopic (exact) mass is 300 g/mol. The third kappa shape index (κ3) is 2.84. The predicted molar refractivity (Wildman–Crippen MR) is 86.2 cm³/mol. The molecule has 0 bridgehead atoms. The fourth-order valence-electron chi connectivity index (χ4n) is 2.01. The Labute approximate surface area is 126 Å². The Bertz CT molecular complexity index is 722. The Morgan fingerprint density at radius 2 is 1.90 bits per heavy atom. The Morgan fingerprint density at radius 1 is 1.10 bits per heavy atom. The first-order chi connectivity index (χ1) is 9.72. The molecular formula is C16H13ClN2S. The van der Waals surface area contributed by atoms with Crippen LogP contribution in [0.1, 0.15) is 10.6 Å². The standard InChI is InChI=1S/C16H13ClN2S/c17-13-7-6-11(8-14(13)18)9-16-19-15(10-20-16)12-4-2-1-3-5-12/h1-8,10H,9,18H2. The molecule has 0 aliphatic rings. The summed E-state index contributed by atoms with van der Waals surface area (Å²) < 4.78 is 0. The minimum atomic E-state index is 0.595. The van der Waals surface area contributed by atoms with Crippen molar-refractivity contribution < 1.29 is 0 Å². The zero-order chi connectivity index (χ0) is 13.9. The molecule has 0 aliphatic carbocycles. The number of hydrogen-bond donors (Lipinski definition) is 1. The molecule has 2 nitrogen and oxygen atoms in total. The maximum absolute atomic E-state index is 5.93. The molecule has 100 valence electrons. The van der Waals surface area contributed by atoms with Crippen molar-refractivity contribution in [3.05, 3.63) is 69.5 Å². The largest absolute Gasteiger partial charge is 0.398 e. The summed E-state index contributed by atoms with van der Waals surface area (Å²) in [5.41, 5.74) is 9.73. The minimum absolute atomic E-state index is 0.595. The smallest absolute Gasteiger partial charge is 0.0976 e. The summed E-state index contributed by atoms with van der Waals surface area (Å²) in [6.07, 6.45) is 0.777.